The van der Waals surface area contributed by atoms with Gasteiger partial charge in [-0.2, -0.15) is 10.2 Å². The van der Waals surface area contributed by atoms with Gasteiger partial charge in [-0.25, -0.2) is 0 Å². The van der Waals surface area contributed by atoms with Crippen LogP contribution in [0.15, 0.2) is 21.3 Å². The summed E-state index contributed by atoms with van der Waals surface area (Å²) in [5.41, 5.74) is 1.90. The highest BCUT2D eigenvalue weighted by Crippen LogP contribution is 2.17. The molecule has 2 heterocycles. The molecule has 0 aliphatic carbocycles. The van der Waals surface area contributed by atoms with Crippen molar-refractivity contribution >= 4 is 37.8 Å². The zero-order valence-electron chi connectivity index (χ0n) is 12.2. The van der Waals surface area contributed by atoms with Crippen molar-refractivity contribution in [3.63, 3.8) is 0 Å². The smallest absolute Gasteiger partial charge is 0.224 e. The van der Waals surface area contributed by atoms with E-state index in [4.69, 9.17) is 0 Å². The molecule has 0 N–H and O–H groups in total. The number of halogens is 2. The summed E-state index contributed by atoms with van der Waals surface area (Å²) in [5.74, 6) is 0.0763. The third kappa shape index (κ3) is 3.94. The van der Waals surface area contributed by atoms with E-state index in [1.54, 1.807) is 27.5 Å². The number of hydrogen-bond donors (Lipinski definition) is 0. The van der Waals surface area contributed by atoms with E-state index < -0.39 is 0 Å². The van der Waals surface area contributed by atoms with Gasteiger partial charge in [-0.1, -0.05) is 0 Å². The molecule has 0 aliphatic heterocycles. The Hall–Kier alpha value is -1.15. The molecule has 0 bridgehead atoms. The molecule has 2 rings (SSSR count). The highest BCUT2D eigenvalue weighted by atomic mass is 79.9. The van der Waals surface area contributed by atoms with E-state index in [-0.39, 0.29) is 5.91 Å². The summed E-state index contributed by atoms with van der Waals surface area (Å²) in [4.78, 5) is 13.9. The van der Waals surface area contributed by atoms with Gasteiger partial charge in [0.1, 0.15) is 0 Å². The molecule has 0 atom stereocenters. The Labute approximate surface area is 140 Å². The number of aromatic nitrogens is 4. The molecule has 2 aromatic heterocycles. The first-order valence-corrected chi connectivity index (χ1v) is 8.07. The van der Waals surface area contributed by atoms with Crippen LogP contribution < -0.4 is 0 Å². The van der Waals surface area contributed by atoms with E-state index in [1.807, 2.05) is 20.2 Å². The average Bonchev–Trinajstić information content (AvgIpc) is 2.92. The Bertz CT molecular complexity index is 610. The highest BCUT2D eigenvalue weighted by Gasteiger charge is 2.14. The van der Waals surface area contributed by atoms with Gasteiger partial charge in [0.2, 0.25) is 5.91 Å². The van der Waals surface area contributed by atoms with Crippen LogP contribution in [-0.2, 0) is 24.9 Å². The Morgan fingerprint density at radius 2 is 2.10 bits per heavy atom. The van der Waals surface area contributed by atoms with Crippen LogP contribution in [0.2, 0.25) is 0 Å². The molecule has 0 unspecified atom stereocenters. The maximum atomic E-state index is 12.2. The quantitative estimate of drug-likeness (QED) is 0.749. The first-order valence-electron chi connectivity index (χ1n) is 6.48. The van der Waals surface area contributed by atoms with Crippen LogP contribution in [0.25, 0.3) is 0 Å². The topological polar surface area (TPSA) is 56.0 Å². The summed E-state index contributed by atoms with van der Waals surface area (Å²) in [7, 11) is 3.66. The molecular weight excluding hydrogens is 402 g/mol. The van der Waals surface area contributed by atoms with Crippen molar-refractivity contribution in [2.75, 3.05) is 7.05 Å². The first-order chi connectivity index (χ1) is 9.88. The molecule has 2 aromatic rings. The van der Waals surface area contributed by atoms with E-state index in [2.05, 4.69) is 42.1 Å². The number of aryl methyl sites for hydroxylation is 3. The second-order valence-corrected chi connectivity index (χ2v) is 6.60. The second kappa shape index (κ2) is 6.74. The second-order valence-electron chi connectivity index (χ2n) is 4.89. The predicted octanol–water partition coefficient (Wildman–Crippen LogP) is 2.50. The number of hydrogen-bond acceptors (Lipinski definition) is 3. The fraction of sp³-hybridized carbons (Fsp3) is 0.462. The van der Waals surface area contributed by atoms with Gasteiger partial charge >= 0.3 is 0 Å². The Kier molecular flexibility index (Phi) is 5.21. The van der Waals surface area contributed by atoms with E-state index in [1.165, 1.54) is 0 Å². The molecule has 0 aliphatic rings. The molecule has 21 heavy (non-hydrogen) atoms. The van der Waals surface area contributed by atoms with Crippen molar-refractivity contribution < 1.29 is 4.79 Å². The summed E-state index contributed by atoms with van der Waals surface area (Å²) in [6.07, 6.45) is 4.04. The number of rotatable bonds is 5. The molecule has 8 heteroatoms. The van der Waals surface area contributed by atoms with Gasteiger partial charge in [-0.05, 0) is 38.8 Å². The molecule has 0 saturated heterocycles. The standard InChI is InChI=1S/C13H17Br2N5O/c1-9-11(15)7-20(17-9)5-4-13(21)18(2)8-12-10(14)6-16-19(12)3/h6-7H,4-5,8H2,1-3H3. The lowest BCUT2D eigenvalue weighted by Crippen LogP contribution is -2.28. The van der Waals surface area contributed by atoms with Crippen LogP contribution in [0.3, 0.4) is 0 Å². The summed E-state index contributed by atoms with van der Waals surface area (Å²) < 4.78 is 5.42. The zero-order chi connectivity index (χ0) is 15.6. The number of carbonyl (C=O) groups is 1. The van der Waals surface area contributed by atoms with Crippen LogP contribution in [0, 0.1) is 6.92 Å². The van der Waals surface area contributed by atoms with E-state index in [0.717, 1.165) is 20.3 Å². The summed E-state index contributed by atoms with van der Waals surface area (Å²) in [6, 6.07) is 0. The monoisotopic (exact) mass is 417 g/mol. The third-order valence-corrected chi connectivity index (χ3v) is 4.71. The summed E-state index contributed by atoms with van der Waals surface area (Å²) in [6.45, 7) is 3.02. The van der Waals surface area contributed by atoms with Crippen LogP contribution >= 0.6 is 31.9 Å². The van der Waals surface area contributed by atoms with Crippen molar-refractivity contribution in [1.82, 2.24) is 24.5 Å². The SMILES string of the molecule is Cc1nn(CCC(=O)N(C)Cc2c(Br)cnn2C)cc1Br. The van der Waals surface area contributed by atoms with Crippen molar-refractivity contribution in [3.8, 4) is 0 Å². The Balaban J connectivity index is 1.91. The normalized spacial score (nSPS) is 10.9. The Morgan fingerprint density at radius 3 is 2.62 bits per heavy atom. The van der Waals surface area contributed by atoms with E-state index in [9.17, 15) is 4.79 Å². The van der Waals surface area contributed by atoms with Crippen LogP contribution in [-0.4, -0.2) is 37.4 Å². The van der Waals surface area contributed by atoms with Crippen LogP contribution in [0.4, 0.5) is 0 Å². The third-order valence-electron chi connectivity index (χ3n) is 3.26. The molecule has 6 nitrogen and oxygen atoms in total. The van der Waals surface area contributed by atoms with Gasteiger partial charge in [0.15, 0.2) is 0 Å². The minimum atomic E-state index is 0.0763. The first kappa shape index (κ1) is 16.2. The Morgan fingerprint density at radius 1 is 1.38 bits per heavy atom. The minimum absolute atomic E-state index is 0.0763. The zero-order valence-corrected chi connectivity index (χ0v) is 15.3. The van der Waals surface area contributed by atoms with Crippen molar-refractivity contribution in [3.05, 3.63) is 32.7 Å². The molecule has 0 radical (unpaired) electrons. The van der Waals surface area contributed by atoms with Crippen molar-refractivity contribution in [2.24, 2.45) is 7.05 Å². The van der Waals surface area contributed by atoms with Gasteiger partial charge in [-0.15, -0.1) is 0 Å². The molecule has 0 spiro atoms. The number of nitrogens with zero attached hydrogens (tertiary/aromatic N) is 5. The number of amides is 1. The van der Waals surface area contributed by atoms with Crippen LogP contribution in [0.5, 0.6) is 0 Å². The summed E-state index contributed by atoms with van der Waals surface area (Å²) >= 11 is 6.85. The van der Waals surface area contributed by atoms with Crippen molar-refractivity contribution in [1.29, 1.82) is 0 Å². The van der Waals surface area contributed by atoms with E-state index in [0.29, 0.717) is 19.5 Å². The highest BCUT2D eigenvalue weighted by molar-refractivity contribution is 9.10. The lowest BCUT2D eigenvalue weighted by atomic mass is 10.3. The molecule has 0 saturated carbocycles. The number of carbonyl (C=O) groups excluding carboxylic acids is 1. The fourth-order valence-corrected chi connectivity index (χ4v) is 2.73. The van der Waals surface area contributed by atoms with Gasteiger partial charge < -0.3 is 4.90 Å². The summed E-state index contributed by atoms with van der Waals surface area (Å²) in [5, 5.41) is 8.47. The minimum Gasteiger partial charge on any atom is -0.340 e. The largest absolute Gasteiger partial charge is 0.340 e. The van der Waals surface area contributed by atoms with E-state index >= 15 is 0 Å². The maximum Gasteiger partial charge on any atom is 0.224 e. The van der Waals surface area contributed by atoms with Gasteiger partial charge in [-0.3, -0.25) is 14.2 Å². The molecule has 0 fully saturated rings. The van der Waals surface area contributed by atoms with Gasteiger partial charge in [0.25, 0.3) is 0 Å². The fourth-order valence-electron chi connectivity index (χ4n) is 1.94. The molecule has 1 amide bonds. The average molecular weight is 419 g/mol. The predicted molar refractivity (Wildman–Crippen MR) is 86.7 cm³/mol. The van der Waals surface area contributed by atoms with Gasteiger partial charge in [0.05, 0.1) is 33.1 Å². The molecule has 114 valence electrons. The van der Waals surface area contributed by atoms with Crippen LogP contribution in [0.1, 0.15) is 17.8 Å². The maximum absolute atomic E-state index is 12.2. The van der Waals surface area contributed by atoms with Crippen molar-refractivity contribution in [2.45, 2.75) is 26.4 Å². The molecular formula is C13H17Br2N5O. The van der Waals surface area contributed by atoms with Gasteiger partial charge in [0, 0.05) is 33.3 Å². The lowest BCUT2D eigenvalue weighted by Gasteiger charge is -2.17. The molecule has 0 aromatic carbocycles. The lowest BCUT2D eigenvalue weighted by molar-refractivity contribution is -0.130.